The Kier molecular flexibility index (Phi) is 6.82. The van der Waals surface area contributed by atoms with E-state index < -0.39 is 12.0 Å². The molecule has 0 saturated carbocycles. The maximum absolute atomic E-state index is 11.3. The summed E-state index contributed by atoms with van der Waals surface area (Å²) in [4.78, 5) is 22.6. The van der Waals surface area contributed by atoms with Crippen molar-refractivity contribution in [2.75, 3.05) is 12.3 Å². The van der Waals surface area contributed by atoms with E-state index in [2.05, 4.69) is 22.9 Å². The van der Waals surface area contributed by atoms with Gasteiger partial charge < -0.3 is 21.1 Å². The van der Waals surface area contributed by atoms with Gasteiger partial charge in [-0.3, -0.25) is 4.79 Å². The smallest absolute Gasteiger partial charge is 0.320 e. The second-order valence-corrected chi connectivity index (χ2v) is 7.38. The highest BCUT2D eigenvalue weighted by molar-refractivity contribution is 8.00. The highest BCUT2D eigenvalue weighted by Gasteiger charge is 2.42. The lowest BCUT2D eigenvalue weighted by atomic mass is 10.0. The fraction of sp³-hybridized carbons (Fsp3) is 0.867. The number of rotatable bonds is 10. The van der Waals surface area contributed by atoms with Crippen molar-refractivity contribution < 1.29 is 14.7 Å². The van der Waals surface area contributed by atoms with Gasteiger partial charge >= 0.3 is 12.0 Å². The van der Waals surface area contributed by atoms with Gasteiger partial charge in [-0.1, -0.05) is 26.2 Å². The third-order valence-electron chi connectivity index (χ3n) is 4.39. The SMILES string of the molecule is CCCCCNC(CCC[C@@H]1SC[C@@H]2NC(=O)N[C@@H]21)C(=O)O. The molecule has 2 saturated heterocycles. The van der Waals surface area contributed by atoms with Crippen LogP contribution in [0.5, 0.6) is 0 Å². The van der Waals surface area contributed by atoms with Crippen LogP contribution in [0.4, 0.5) is 4.79 Å². The molecule has 0 bridgehead atoms. The molecule has 2 aliphatic heterocycles. The second-order valence-electron chi connectivity index (χ2n) is 6.10. The minimum atomic E-state index is -0.760. The average Bonchev–Trinajstić information content (AvgIpc) is 3.01. The Morgan fingerprint density at radius 1 is 1.41 bits per heavy atom. The van der Waals surface area contributed by atoms with E-state index in [1.54, 1.807) is 0 Å². The van der Waals surface area contributed by atoms with Crippen molar-refractivity contribution in [1.82, 2.24) is 16.0 Å². The predicted molar refractivity (Wildman–Crippen MR) is 88.3 cm³/mol. The first-order valence-electron chi connectivity index (χ1n) is 8.26. The zero-order chi connectivity index (χ0) is 15.9. The Balaban J connectivity index is 1.67. The molecular weight excluding hydrogens is 302 g/mol. The first-order chi connectivity index (χ1) is 10.6. The zero-order valence-electron chi connectivity index (χ0n) is 13.1. The molecule has 2 fully saturated rings. The number of aliphatic carboxylic acids is 1. The number of carboxylic acids is 1. The van der Waals surface area contributed by atoms with Crippen molar-refractivity contribution in [3.05, 3.63) is 0 Å². The third-order valence-corrected chi connectivity index (χ3v) is 5.90. The van der Waals surface area contributed by atoms with Crippen LogP contribution in [0, 0.1) is 0 Å². The van der Waals surface area contributed by atoms with Crippen molar-refractivity contribution in [3.8, 4) is 0 Å². The monoisotopic (exact) mass is 329 g/mol. The van der Waals surface area contributed by atoms with Crippen LogP contribution in [-0.4, -0.2) is 52.8 Å². The maximum atomic E-state index is 11.3. The Morgan fingerprint density at radius 2 is 2.23 bits per heavy atom. The molecule has 6 nitrogen and oxygen atoms in total. The number of carboxylic acid groups (broad SMARTS) is 1. The quantitative estimate of drug-likeness (QED) is 0.361. The largest absolute Gasteiger partial charge is 0.480 e. The Bertz CT molecular complexity index is 394. The van der Waals surface area contributed by atoms with E-state index in [1.807, 2.05) is 11.8 Å². The van der Waals surface area contributed by atoms with Crippen LogP contribution < -0.4 is 16.0 Å². The highest BCUT2D eigenvalue weighted by Crippen LogP contribution is 2.33. The van der Waals surface area contributed by atoms with Crippen molar-refractivity contribution >= 4 is 23.8 Å². The molecule has 2 amide bonds. The minimum Gasteiger partial charge on any atom is -0.480 e. The van der Waals surface area contributed by atoms with E-state index in [9.17, 15) is 14.7 Å². The molecule has 4 atom stereocenters. The number of hydrogen-bond donors (Lipinski definition) is 4. The Labute approximate surface area is 136 Å². The summed E-state index contributed by atoms with van der Waals surface area (Å²) < 4.78 is 0. The van der Waals surface area contributed by atoms with Gasteiger partial charge in [0.2, 0.25) is 0 Å². The molecule has 126 valence electrons. The van der Waals surface area contributed by atoms with Gasteiger partial charge in [0, 0.05) is 11.0 Å². The normalized spacial score (nSPS) is 28.0. The predicted octanol–water partition coefficient (Wildman–Crippen LogP) is 1.56. The molecule has 22 heavy (non-hydrogen) atoms. The van der Waals surface area contributed by atoms with Gasteiger partial charge in [-0.05, 0) is 25.8 Å². The molecule has 4 N–H and O–H groups in total. The van der Waals surface area contributed by atoms with Gasteiger partial charge in [-0.15, -0.1) is 0 Å². The van der Waals surface area contributed by atoms with Crippen LogP contribution >= 0.6 is 11.8 Å². The first-order valence-corrected chi connectivity index (χ1v) is 9.31. The number of carbonyl (C=O) groups is 2. The molecule has 2 aliphatic rings. The standard InChI is InChI=1S/C15H27N3O3S/c1-2-3-4-8-16-10(14(19)20)6-5-7-12-13-11(9-22-12)17-15(21)18-13/h10-13,16H,2-9H2,1H3,(H,19,20)(H2,17,18,21)/t10?,11-,12-,13-/m0/s1. The number of amides is 2. The molecule has 0 spiro atoms. The number of urea groups is 1. The number of hydrogen-bond acceptors (Lipinski definition) is 4. The summed E-state index contributed by atoms with van der Waals surface area (Å²) in [5.41, 5.74) is 0. The van der Waals surface area contributed by atoms with Crippen LogP contribution in [0.25, 0.3) is 0 Å². The van der Waals surface area contributed by atoms with Crippen molar-refractivity contribution in [2.24, 2.45) is 0 Å². The van der Waals surface area contributed by atoms with Crippen LogP contribution in [-0.2, 0) is 4.79 Å². The summed E-state index contributed by atoms with van der Waals surface area (Å²) in [6.45, 7) is 2.91. The van der Waals surface area contributed by atoms with Gasteiger partial charge in [-0.2, -0.15) is 11.8 Å². The number of fused-ring (bicyclic) bond motifs is 1. The van der Waals surface area contributed by atoms with Crippen LogP contribution in [0.1, 0.15) is 45.4 Å². The second kappa shape index (κ2) is 8.62. The topological polar surface area (TPSA) is 90.5 Å². The highest BCUT2D eigenvalue weighted by atomic mass is 32.2. The molecule has 0 aromatic carbocycles. The summed E-state index contributed by atoms with van der Waals surface area (Å²) in [5, 5.41) is 18.7. The molecule has 0 aromatic heterocycles. The maximum Gasteiger partial charge on any atom is 0.320 e. The lowest BCUT2D eigenvalue weighted by Crippen LogP contribution is -2.38. The van der Waals surface area contributed by atoms with Crippen molar-refractivity contribution in [1.29, 1.82) is 0 Å². The molecule has 0 radical (unpaired) electrons. The third kappa shape index (κ3) is 4.78. The van der Waals surface area contributed by atoms with E-state index in [0.29, 0.717) is 11.7 Å². The number of carbonyl (C=O) groups excluding carboxylic acids is 1. The molecule has 7 heteroatoms. The van der Waals surface area contributed by atoms with Crippen LogP contribution in [0.2, 0.25) is 0 Å². The first kappa shape index (κ1) is 17.4. The average molecular weight is 329 g/mol. The Morgan fingerprint density at radius 3 is 2.95 bits per heavy atom. The fourth-order valence-electron chi connectivity index (χ4n) is 3.13. The number of nitrogens with one attached hydrogen (secondary N) is 3. The molecule has 0 aromatic rings. The van der Waals surface area contributed by atoms with Gasteiger partial charge in [0.1, 0.15) is 6.04 Å². The lowest BCUT2D eigenvalue weighted by Gasteiger charge is -2.18. The minimum absolute atomic E-state index is 0.0682. The summed E-state index contributed by atoms with van der Waals surface area (Å²) in [5.74, 6) is 0.190. The van der Waals surface area contributed by atoms with Crippen molar-refractivity contribution in [3.63, 3.8) is 0 Å². The van der Waals surface area contributed by atoms with E-state index in [0.717, 1.165) is 44.4 Å². The molecular formula is C15H27N3O3S. The summed E-state index contributed by atoms with van der Waals surface area (Å²) in [6.07, 6.45) is 5.77. The summed E-state index contributed by atoms with van der Waals surface area (Å²) >= 11 is 1.88. The van der Waals surface area contributed by atoms with Gasteiger partial charge in [0.05, 0.1) is 12.1 Å². The van der Waals surface area contributed by atoms with Crippen LogP contribution in [0.15, 0.2) is 0 Å². The van der Waals surface area contributed by atoms with Crippen LogP contribution in [0.3, 0.4) is 0 Å². The zero-order valence-corrected chi connectivity index (χ0v) is 14.0. The fourth-order valence-corrected chi connectivity index (χ4v) is 4.67. The van der Waals surface area contributed by atoms with E-state index >= 15 is 0 Å². The number of thioether (sulfide) groups is 1. The molecule has 2 heterocycles. The summed E-state index contributed by atoms with van der Waals surface area (Å²) in [7, 11) is 0. The van der Waals surface area contributed by atoms with Gasteiger partial charge in [-0.25, -0.2) is 4.79 Å². The van der Waals surface area contributed by atoms with Gasteiger partial charge in [0.15, 0.2) is 0 Å². The van der Waals surface area contributed by atoms with E-state index in [1.165, 1.54) is 0 Å². The molecule has 2 rings (SSSR count). The lowest BCUT2D eigenvalue weighted by molar-refractivity contribution is -0.139. The molecule has 0 aliphatic carbocycles. The molecule has 1 unspecified atom stereocenters. The van der Waals surface area contributed by atoms with E-state index in [-0.39, 0.29) is 18.1 Å². The summed E-state index contributed by atoms with van der Waals surface area (Å²) in [6, 6.07) is -0.0696. The number of unbranched alkanes of at least 4 members (excludes halogenated alkanes) is 2. The van der Waals surface area contributed by atoms with Gasteiger partial charge in [0.25, 0.3) is 0 Å². The van der Waals surface area contributed by atoms with Crippen molar-refractivity contribution in [2.45, 2.75) is 68.8 Å². The Hall–Kier alpha value is -0.950. The van der Waals surface area contributed by atoms with E-state index in [4.69, 9.17) is 0 Å².